The van der Waals surface area contributed by atoms with Crippen LogP contribution in [0, 0.1) is 5.92 Å². The summed E-state index contributed by atoms with van der Waals surface area (Å²) in [6, 6.07) is 17.4. The number of carbonyl (C=O) groups excluding carboxylic acids is 1. The summed E-state index contributed by atoms with van der Waals surface area (Å²) in [5.41, 5.74) is 2.79. The third-order valence-corrected chi connectivity index (χ3v) is 5.15. The lowest BCUT2D eigenvalue weighted by atomic mass is 10.2. The average Bonchev–Trinajstić information content (AvgIpc) is 3.38. The smallest absolute Gasteiger partial charge is 0.248 e. The third kappa shape index (κ3) is 5.46. The lowest BCUT2D eigenvalue weighted by molar-refractivity contribution is -0.111. The maximum Gasteiger partial charge on any atom is 0.248 e. The minimum Gasteiger partial charge on any atom is -0.323 e. The first-order valence-electron chi connectivity index (χ1n) is 8.16. The molecule has 1 fully saturated rings. The SMILES string of the molecule is O=C(/C=C/C1CC1)Nc1cccc(CS(=O)Cc2ccccc2)c1. The molecule has 2 aromatic carbocycles. The number of nitrogens with one attached hydrogen (secondary N) is 1. The fourth-order valence-electron chi connectivity index (χ4n) is 2.43. The fraction of sp³-hybridized carbons (Fsp3) is 0.250. The first-order chi connectivity index (χ1) is 11.7. The predicted octanol–water partition coefficient (Wildman–Crippen LogP) is 4.04. The van der Waals surface area contributed by atoms with E-state index >= 15 is 0 Å². The summed E-state index contributed by atoms with van der Waals surface area (Å²) in [5, 5.41) is 2.86. The molecule has 1 aliphatic rings. The Hall–Kier alpha value is -2.20. The van der Waals surface area contributed by atoms with Gasteiger partial charge in [-0.1, -0.05) is 48.5 Å². The van der Waals surface area contributed by atoms with E-state index in [1.54, 1.807) is 6.08 Å². The summed E-state index contributed by atoms with van der Waals surface area (Å²) in [4.78, 5) is 11.9. The minimum absolute atomic E-state index is 0.107. The van der Waals surface area contributed by atoms with Gasteiger partial charge in [-0.05, 0) is 48.1 Å². The number of anilines is 1. The van der Waals surface area contributed by atoms with Crippen LogP contribution in [0.5, 0.6) is 0 Å². The van der Waals surface area contributed by atoms with E-state index in [1.165, 1.54) is 12.8 Å². The van der Waals surface area contributed by atoms with Crippen molar-refractivity contribution in [1.29, 1.82) is 0 Å². The summed E-state index contributed by atoms with van der Waals surface area (Å²) in [6.45, 7) is 0. The summed E-state index contributed by atoms with van der Waals surface area (Å²) in [5.74, 6) is 1.50. The van der Waals surface area contributed by atoms with Gasteiger partial charge in [0.15, 0.2) is 0 Å². The van der Waals surface area contributed by atoms with Gasteiger partial charge in [0.2, 0.25) is 5.91 Å². The van der Waals surface area contributed by atoms with Crippen molar-refractivity contribution in [3.63, 3.8) is 0 Å². The number of amides is 1. The van der Waals surface area contributed by atoms with Gasteiger partial charge < -0.3 is 5.32 Å². The minimum atomic E-state index is -0.971. The number of benzene rings is 2. The van der Waals surface area contributed by atoms with Crippen molar-refractivity contribution in [3.05, 3.63) is 77.9 Å². The van der Waals surface area contributed by atoms with Crippen molar-refractivity contribution in [1.82, 2.24) is 0 Å². The Morgan fingerprint density at radius 2 is 1.75 bits per heavy atom. The molecule has 3 rings (SSSR count). The summed E-state index contributed by atoms with van der Waals surface area (Å²) >= 11 is 0. The zero-order valence-corrected chi connectivity index (χ0v) is 14.3. The van der Waals surface area contributed by atoms with Crippen LogP contribution in [0.25, 0.3) is 0 Å². The van der Waals surface area contributed by atoms with Crippen molar-refractivity contribution in [2.45, 2.75) is 24.3 Å². The van der Waals surface area contributed by atoms with Crippen LogP contribution >= 0.6 is 0 Å². The number of allylic oxidation sites excluding steroid dienone is 1. The van der Waals surface area contributed by atoms with E-state index in [9.17, 15) is 9.00 Å². The molecule has 0 bridgehead atoms. The Morgan fingerprint density at radius 3 is 2.50 bits per heavy atom. The molecule has 0 aromatic heterocycles. The van der Waals surface area contributed by atoms with Crippen molar-refractivity contribution in [2.24, 2.45) is 5.92 Å². The van der Waals surface area contributed by atoms with Crippen molar-refractivity contribution >= 4 is 22.4 Å². The van der Waals surface area contributed by atoms with Gasteiger partial charge in [0.25, 0.3) is 0 Å². The molecule has 1 saturated carbocycles. The Labute approximate surface area is 145 Å². The van der Waals surface area contributed by atoms with Gasteiger partial charge in [0, 0.05) is 28.0 Å². The van der Waals surface area contributed by atoms with Gasteiger partial charge in [-0.2, -0.15) is 0 Å². The molecule has 0 heterocycles. The van der Waals surface area contributed by atoms with Crippen LogP contribution in [0.4, 0.5) is 5.69 Å². The van der Waals surface area contributed by atoms with Gasteiger partial charge in [-0.3, -0.25) is 9.00 Å². The molecular formula is C20H21NO2S. The Kier molecular flexibility index (Phi) is 5.59. The molecule has 1 N–H and O–H groups in total. The highest BCUT2D eigenvalue weighted by Crippen LogP contribution is 2.29. The molecule has 2 aromatic rings. The summed E-state index contributed by atoms with van der Waals surface area (Å²) in [6.07, 6.45) is 5.95. The second-order valence-corrected chi connectivity index (χ2v) is 7.56. The lowest BCUT2D eigenvalue weighted by Gasteiger charge is -2.06. The number of carbonyl (C=O) groups is 1. The highest BCUT2D eigenvalue weighted by molar-refractivity contribution is 7.83. The highest BCUT2D eigenvalue weighted by atomic mass is 32.2. The Bertz CT molecular complexity index is 751. The number of rotatable bonds is 7. The Balaban J connectivity index is 1.56. The van der Waals surface area contributed by atoms with Gasteiger partial charge in [0.1, 0.15) is 0 Å². The molecule has 4 heteroatoms. The summed E-state index contributed by atoms with van der Waals surface area (Å²) < 4.78 is 12.3. The maximum absolute atomic E-state index is 12.3. The standard InChI is InChI=1S/C20H21NO2S/c22-20(12-11-16-9-10-16)21-19-8-4-7-18(13-19)15-24(23)14-17-5-2-1-3-6-17/h1-8,11-13,16H,9-10,14-15H2,(H,21,22)/b12-11+. The third-order valence-electron chi connectivity index (χ3n) is 3.83. The molecule has 1 amide bonds. The van der Waals surface area contributed by atoms with Crippen LogP contribution in [0.2, 0.25) is 0 Å². The molecule has 1 aliphatic carbocycles. The topological polar surface area (TPSA) is 46.2 Å². The van der Waals surface area contributed by atoms with Crippen LogP contribution in [-0.2, 0) is 27.1 Å². The van der Waals surface area contributed by atoms with Crippen LogP contribution in [0.1, 0.15) is 24.0 Å². The molecule has 124 valence electrons. The number of hydrogen-bond acceptors (Lipinski definition) is 2. The normalized spacial score (nSPS) is 15.3. The highest BCUT2D eigenvalue weighted by Gasteiger charge is 2.17. The quantitative estimate of drug-likeness (QED) is 0.774. The molecule has 0 radical (unpaired) electrons. The van der Waals surface area contributed by atoms with Crippen molar-refractivity contribution in [3.8, 4) is 0 Å². The first kappa shape index (κ1) is 16.7. The average molecular weight is 339 g/mol. The van der Waals surface area contributed by atoms with Gasteiger partial charge >= 0.3 is 0 Å². The molecule has 0 aliphatic heterocycles. The molecule has 0 saturated heterocycles. The fourth-order valence-corrected chi connectivity index (χ4v) is 3.65. The van der Waals surface area contributed by atoms with E-state index in [0.29, 0.717) is 17.4 Å². The molecule has 1 unspecified atom stereocenters. The van der Waals surface area contributed by atoms with Crippen LogP contribution in [-0.4, -0.2) is 10.1 Å². The zero-order valence-electron chi connectivity index (χ0n) is 13.5. The second kappa shape index (κ2) is 8.06. The van der Waals surface area contributed by atoms with Crippen LogP contribution < -0.4 is 5.32 Å². The summed E-state index contributed by atoms with van der Waals surface area (Å²) in [7, 11) is -0.971. The van der Waals surface area contributed by atoms with Crippen molar-refractivity contribution < 1.29 is 9.00 Å². The van der Waals surface area contributed by atoms with E-state index in [1.807, 2.05) is 60.7 Å². The largest absolute Gasteiger partial charge is 0.323 e. The lowest BCUT2D eigenvalue weighted by Crippen LogP contribution is -2.08. The number of hydrogen-bond donors (Lipinski definition) is 1. The Morgan fingerprint density at radius 1 is 1.04 bits per heavy atom. The van der Waals surface area contributed by atoms with E-state index in [0.717, 1.165) is 16.8 Å². The molecular weight excluding hydrogens is 318 g/mol. The molecule has 24 heavy (non-hydrogen) atoms. The molecule has 1 atom stereocenters. The maximum atomic E-state index is 12.3. The predicted molar refractivity (Wildman–Crippen MR) is 98.9 cm³/mol. The van der Waals surface area contributed by atoms with E-state index < -0.39 is 10.8 Å². The van der Waals surface area contributed by atoms with Crippen LogP contribution in [0.3, 0.4) is 0 Å². The molecule has 3 nitrogen and oxygen atoms in total. The molecule has 0 spiro atoms. The van der Waals surface area contributed by atoms with E-state index in [2.05, 4.69) is 5.32 Å². The van der Waals surface area contributed by atoms with E-state index in [4.69, 9.17) is 0 Å². The first-order valence-corrected chi connectivity index (χ1v) is 9.65. The van der Waals surface area contributed by atoms with Crippen LogP contribution in [0.15, 0.2) is 66.7 Å². The zero-order chi connectivity index (χ0) is 16.8. The van der Waals surface area contributed by atoms with E-state index in [-0.39, 0.29) is 5.91 Å². The van der Waals surface area contributed by atoms with Gasteiger partial charge in [-0.15, -0.1) is 0 Å². The second-order valence-electron chi connectivity index (χ2n) is 6.10. The van der Waals surface area contributed by atoms with Gasteiger partial charge in [-0.25, -0.2) is 0 Å². The van der Waals surface area contributed by atoms with Gasteiger partial charge in [0.05, 0.1) is 0 Å². The van der Waals surface area contributed by atoms with Crippen molar-refractivity contribution in [2.75, 3.05) is 5.32 Å². The monoisotopic (exact) mass is 339 g/mol.